The molecule has 0 saturated carbocycles. The molecule has 0 aliphatic carbocycles. The van der Waals surface area contributed by atoms with Gasteiger partial charge in [-0.15, -0.1) is 0 Å². The van der Waals surface area contributed by atoms with Crippen molar-refractivity contribution < 1.29 is 14.6 Å². The van der Waals surface area contributed by atoms with Gasteiger partial charge in [0.1, 0.15) is 17.2 Å². The average Bonchev–Trinajstić information content (AvgIpc) is 2.85. The predicted molar refractivity (Wildman–Crippen MR) is 144 cm³/mol. The summed E-state index contributed by atoms with van der Waals surface area (Å²) in [4.78, 5) is 19.4. The first kappa shape index (κ1) is 26.1. The first-order valence-corrected chi connectivity index (χ1v) is 12.1. The van der Waals surface area contributed by atoms with Crippen molar-refractivity contribution in [3.8, 4) is 0 Å². The Balaban J connectivity index is 1.63. The summed E-state index contributed by atoms with van der Waals surface area (Å²) in [6.07, 6.45) is 0.879. The van der Waals surface area contributed by atoms with Gasteiger partial charge in [0, 0.05) is 48.1 Å². The van der Waals surface area contributed by atoms with Crippen molar-refractivity contribution in [2.24, 2.45) is 0 Å². The molecule has 2 unspecified atom stereocenters. The van der Waals surface area contributed by atoms with Gasteiger partial charge in [0.05, 0.1) is 10.6 Å². The number of methoxy groups -OCH3 is 1. The van der Waals surface area contributed by atoms with E-state index in [0.29, 0.717) is 44.1 Å². The molecule has 0 fully saturated rings. The summed E-state index contributed by atoms with van der Waals surface area (Å²) in [5, 5.41) is 20.1. The minimum atomic E-state index is -0.878. The maximum absolute atomic E-state index is 13.5. The van der Waals surface area contributed by atoms with Gasteiger partial charge in [0.15, 0.2) is 0 Å². The molecule has 0 bridgehead atoms. The van der Waals surface area contributed by atoms with Crippen LogP contribution in [0.2, 0.25) is 10.0 Å². The topological polar surface area (TPSA) is 94.0 Å². The second kappa shape index (κ2) is 11.4. The fraction of sp³-hybridized carbons (Fsp3) is 0.231. The number of amides is 1. The highest BCUT2D eigenvalue weighted by atomic mass is 35.5. The van der Waals surface area contributed by atoms with E-state index in [2.05, 4.69) is 20.5 Å². The van der Waals surface area contributed by atoms with Gasteiger partial charge in [0.2, 0.25) is 6.23 Å². The molecule has 4 rings (SSSR count). The molecule has 36 heavy (non-hydrogen) atoms. The van der Waals surface area contributed by atoms with Crippen molar-refractivity contribution in [1.29, 1.82) is 0 Å². The molecule has 1 aromatic heterocycles. The maximum atomic E-state index is 13.5. The van der Waals surface area contributed by atoms with Crippen LogP contribution < -0.4 is 15.7 Å². The van der Waals surface area contributed by atoms with Crippen LogP contribution in [0.1, 0.15) is 33.4 Å². The van der Waals surface area contributed by atoms with Crippen molar-refractivity contribution in [1.82, 2.24) is 9.88 Å². The molecular weight excluding hydrogens is 501 g/mol. The van der Waals surface area contributed by atoms with E-state index in [9.17, 15) is 10.0 Å². The van der Waals surface area contributed by atoms with E-state index in [-0.39, 0.29) is 11.0 Å². The molecule has 0 spiro atoms. The van der Waals surface area contributed by atoms with Crippen molar-refractivity contribution in [3.05, 3.63) is 92.2 Å². The third kappa shape index (κ3) is 5.87. The van der Waals surface area contributed by atoms with Crippen LogP contribution >= 0.6 is 23.2 Å². The third-order valence-electron chi connectivity index (χ3n) is 5.71. The second-order valence-corrected chi connectivity index (χ2v) is 9.44. The zero-order valence-electron chi connectivity index (χ0n) is 20.1. The molecule has 188 valence electrons. The fourth-order valence-corrected chi connectivity index (χ4v) is 4.30. The molecule has 10 heteroatoms. The number of ether oxygens (including phenoxy) is 1. The number of carbonyl (C=O) groups is 1. The van der Waals surface area contributed by atoms with Gasteiger partial charge >= 0.3 is 0 Å². The van der Waals surface area contributed by atoms with Crippen LogP contribution in [0.4, 0.5) is 11.5 Å². The number of hydroxylamine groups is 2. The van der Waals surface area contributed by atoms with E-state index in [1.165, 1.54) is 7.11 Å². The highest BCUT2D eigenvalue weighted by molar-refractivity contribution is 6.32. The molecule has 8 nitrogen and oxygen atoms in total. The van der Waals surface area contributed by atoms with Gasteiger partial charge in [-0.2, -0.15) is 0 Å². The summed E-state index contributed by atoms with van der Waals surface area (Å²) < 4.78 is 5.57. The molecule has 1 aliphatic heterocycles. The lowest BCUT2D eigenvalue weighted by molar-refractivity contribution is -0.838. The van der Waals surface area contributed by atoms with E-state index >= 15 is 0 Å². The van der Waals surface area contributed by atoms with Gasteiger partial charge < -0.3 is 30.5 Å². The van der Waals surface area contributed by atoms with Crippen molar-refractivity contribution in [2.75, 3.05) is 44.9 Å². The Labute approximate surface area is 220 Å². The van der Waals surface area contributed by atoms with Crippen LogP contribution in [0.15, 0.2) is 54.6 Å². The van der Waals surface area contributed by atoms with Gasteiger partial charge in [0.25, 0.3) is 5.91 Å². The van der Waals surface area contributed by atoms with Gasteiger partial charge in [-0.05, 0) is 62.6 Å². The average molecular weight is 528 g/mol. The van der Waals surface area contributed by atoms with E-state index in [4.69, 9.17) is 27.9 Å². The maximum Gasteiger partial charge on any atom is 0.255 e. The molecule has 2 aromatic carbocycles. The van der Waals surface area contributed by atoms with E-state index in [1.54, 1.807) is 48.5 Å². The zero-order chi connectivity index (χ0) is 25.8. The van der Waals surface area contributed by atoms with E-state index in [1.807, 2.05) is 26.2 Å². The molecular formula is C26H27Cl2N5O3. The highest BCUT2D eigenvalue weighted by Crippen LogP contribution is 2.31. The summed E-state index contributed by atoms with van der Waals surface area (Å²) >= 11 is 12.5. The van der Waals surface area contributed by atoms with Crippen molar-refractivity contribution in [2.45, 2.75) is 6.23 Å². The normalized spacial score (nSPS) is 16.9. The number of hydrogen-bond donors (Lipinski definition) is 3. The Kier molecular flexibility index (Phi) is 8.25. The van der Waals surface area contributed by atoms with Crippen LogP contribution in [-0.2, 0) is 4.74 Å². The van der Waals surface area contributed by atoms with Gasteiger partial charge in [-0.1, -0.05) is 29.3 Å². The Morgan fingerprint density at radius 1 is 1.17 bits per heavy atom. The molecule has 0 saturated heterocycles. The number of nitrogens with one attached hydrogen (secondary N) is 3. The van der Waals surface area contributed by atoms with Crippen molar-refractivity contribution in [3.63, 3.8) is 0 Å². The van der Waals surface area contributed by atoms with Crippen LogP contribution in [-0.4, -0.2) is 50.1 Å². The summed E-state index contributed by atoms with van der Waals surface area (Å²) in [5.41, 5.74) is 3.09. The number of fused-ring (bicyclic) bond motifs is 1. The van der Waals surface area contributed by atoms with E-state index in [0.717, 1.165) is 18.7 Å². The number of pyridine rings is 1. The molecule has 2 heterocycles. The lowest BCUT2D eigenvalue weighted by Crippen LogP contribution is -3.05. The molecule has 1 aliphatic rings. The SMILES string of the molecule is COC1c2nc(NCCN(C)C)ccc2C=C(c2cc(NC(=O)c3cccc(Cl)c3)ccc2Cl)[NH+]1[O-]. The molecule has 0 radical (unpaired) electrons. The first-order chi connectivity index (χ1) is 17.3. The highest BCUT2D eigenvalue weighted by Gasteiger charge is 2.32. The Morgan fingerprint density at radius 3 is 2.69 bits per heavy atom. The molecule has 2 atom stereocenters. The zero-order valence-corrected chi connectivity index (χ0v) is 21.7. The number of nitrogens with zero attached hydrogens (tertiary/aromatic N) is 2. The molecule has 1 amide bonds. The number of hydrogen-bond acceptors (Lipinski definition) is 6. The molecule has 3 aromatic rings. The minimum Gasteiger partial charge on any atom is -0.627 e. The largest absolute Gasteiger partial charge is 0.627 e. The lowest BCUT2D eigenvalue weighted by Gasteiger charge is -2.35. The summed E-state index contributed by atoms with van der Waals surface area (Å²) in [5.74, 6) is 0.347. The summed E-state index contributed by atoms with van der Waals surface area (Å²) in [7, 11) is 5.47. The predicted octanol–water partition coefficient (Wildman–Crippen LogP) is 4.15. The molecule has 3 N–H and O–H groups in total. The third-order valence-corrected chi connectivity index (χ3v) is 6.28. The Bertz CT molecular complexity index is 1300. The number of quaternary nitrogens is 1. The van der Waals surface area contributed by atoms with Crippen LogP contribution in [0.25, 0.3) is 11.8 Å². The van der Waals surface area contributed by atoms with Crippen molar-refractivity contribution >= 4 is 52.4 Å². The number of rotatable bonds is 8. The number of likely N-dealkylation sites (N-methyl/N-ethyl adjacent to an activating group) is 1. The van der Waals surface area contributed by atoms with Crippen LogP contribution in [0, 0.1) is 5.21 Å². The Morgan fingerprint density at radius 2 is 1.97 bits per heavy atom. The standard InChI is InChI=1S/C26H27Cl2N5O3/c1-32(2)12-11-29-23-10-7-16-14-22(33(35)26(36-3)24(16)31-23)20-15-19(8-9-21(20)28)30-25(34)17-5-4-6-18(27)13-17/h4-10,13-15,26,33H,11-12H2,1-3H3,(H,29,31)(H,30,34). The number of anilines is 2. The summed E-state index contributed by atoms with van der Waals surface area (Å²) in [6.45, 7) is 1.56. The summed E-state index contributed by atoms with van der Waals surface area (Å²) in [6, 6.07) is 15.4. The first-order valence-electron chi connectivity index (χ1n) is 11.3. The van der Waals surface area contributed by atoms with Gasteiger partial charge in [-0.3, -0.25) is 4.79 Å². The van der Waals surface area contributed by atoms with Gasteiger partial charge in [-0.25, -0.2) is 4.98 Å². The van der Waals surface area contributed by atoms with E-state index < -0.39 is 6.23 Å². The Hall–Kier alpha value is -2.98. The number of carbonyl (C=O) groups excluding carboxylic acids is 1. The number of aromatic nitrogens is 1. The monoisotopic (exact) mass is 527 g/mol. The van der Waals surface area contributed by atoms with Crippen LogP contribution in [0.5, 0.6) is 0 Å². The van der Waals surface area contributed by atoms with Crippen LogP contribution in [0.3, 0.4) is 0 Å². The fourth-order valence-electron chi connectivity index (χ4n) is 3.89. The second-order valence-electron chi connectivity index (χ2n) is 8.60. The quantitative estimate of drug-likeness (QED) is 0.381. The minimum absolute atomic E-state index is 0.261. The number of benzene rings is 2. The number of halogens is 2. The lowest BCUT2D eigenvalue weighted by atomic mass is 10.0. The smallest absolute Gasteiger partial charge is 0.255 e.